The maximum absolute atomic E-state index is 12.6. The van der Waals surface area contributed by atoms with E-state index in [0.717, 1.165) is 16.7 Å². The molecular weight excluding hydrogens is 438 g/mol. The first-order chi connectivity index (χ1) is 14.6. The molecule has 0 saturated carbocycles. The number of nitrogens with one attached hydrogen (secondary N) is 2. The largest absolute Gasteiger partial charge is 0.351 e. The molecule has 5 nitrogen and oxygen atoms in total. The van der Waals surface area contributed by atoms with E-state index in [4.69, 9.17) is 11.6 Å². The van der Waals surface area contributed by atoms with Crippen LogP contribution in [0.15, 0.2) is 64.8 Å². The first-order valence-corrected chi connectivity index (χ1v) is 11.7. The molecule has 1 amide bonds. The molecule has 0 radical (unpaired) electrons. The highest BCUT2D eigenvalue weighted by Gasteiger charge is 2.13. The second kappa shape index (κ2) is 9.47. The van der Waals surface area contributed by atoms with Gasteiger partial charge in [0.05, 0.1) is 16.9 Å². The van der Waals surface area contributed by atoms with Crippen LogP contribution in [-0.4, -0.2) is 21.6 Å². The summed E-state index contributed by atoms with van der Waals surface area (Å²) in [7, 11) is 0. The maximum Gasteiger partial charge on any atom is 0.260 e. The number of amides is 1. The number of carbonyl (C=O) groups is 1. The number of hydrogen-bond donors (Lipinski definition) is 2. The topological polar surface area (TPSA) is 74.8 Å². The number of carbonyl (C=O) groups excluding carboxylic acids is 1. The summed E-state index contributed by atoms with van der Waals surface area (Å²) in [6.45, 7) is 0.453. The molecule has 0 aliphatic rings. The number of hydrogen-bond acceptors (Lipinski definition) is 5. The van der Waals surface area contributed by atoms with Gasteiger partial charge >= 0.3 is 0 Å². The van der Waals surface area contributed by atoms with Crippen LogP contribution in [-0.2, 0) is 17.1 Å². The Morgan fingerprint density at radius 1 is 1.13 bits per heavy atom. The highest BCUT2D eigenvalue weighted by Crippen LogP contribution is 2.30. The molecule has 30 heavy (non-hydrogen) atoms. The SMILES string of the molecule is O=C(CSCc1nc2scc(-c3ccccc3)c2c(=O)[nH]1)NCc1ccc(Cl)cc1. The molecule has 0 atom stereocenters. The van der Waals surface area contributed by atoms with Gasteiger partial charge in [-0.15, -0.1) is 23.1 Å². The first-order valence-electron chi connectivity index (χ1n) is 9.25. The lowest BCUT2D eigenvalue weighted by Crippen LogP contribution is -2.24. The molecule has 0 bridgehead atoms. The molecule has 8 heteroatoms. The van der Waals surface area contributed by atoms with Crippen LogP contribution in [0.3, 0.4) is 0 Å². The van der Waals surface area contributed by atoms with E-state index >= 15 is 0 Å². The summed E-state index contributed by atoms with van der Waals surface area (Å²) < 4.78 is 0. The van der Waals surface area contributed by atoms with Gasteiger partial charge in [-0.2, -0.15) is 0 Å². The molecule has 2 heterocycles. The van der Waals surface area contributed by atoms with Crippen LogP contribution in [0.1, 0.15) is 11.4 Å². The number of rotatable bonds is 7. The van der Waals surface area contributed by atoms with Gasteiger partial charge in [0, 0.05) is 22.5 Å². The van der Waals surface area contributed by atoms with Crippen LogP contribution in [0.2, 0.25) is 5.02 Å². The van der Waals surface area contributed by atoms with Crippen LogP contribution < -0.4 is 10.9 Å². The number of halogens is 1. The van der Waals surface area contributed by atoms with Crippen molar-refractivity contribution >= 4 is 50.8 Å². The van der Waals surface area contributed by atoms with Crippen LogP contribution in [0.4, 0.5) is 0 Å². The zero-order valence-corrected chi connectivity index (χ0v) is 18.2. The molecule has 0 fully saturated rings. The van der Waals surface area contributed by atoms with E-state index in [1.807, 2.05) is 47.8 Å². The van der Waals surface area contributed by atoms with Gasteiger partial charge in [-0.05, 0) is 23.3 Å². The van der Waals surface area contributed by atoms with Gasteiger partial charge < -0.3 is 10.3 Å². The van der Waals surface area contributed by atoms with Crippen molar-refractivity contribution in [2.75, 3.05) is 5.75 Å². The predicted molar refractivity (Wildman–Crippen MR) is 125 cm³/mol. The highest BCUT2D eigenvalue weighted by molar-refractivity contribution is 7.99. The minimum absolute atomic E-state index is 0.0686. The number of aromatic nitrogens is 2. The fourth-order valence-corrected chi connectivity index (χ4v) is 4.80. The number of thioether (sulfide) groups is 1. The van der Waals surface area contributed by atoms with Crippen LogP contribution >= 0.6 is 34.7 Å². The van der Waals surface area contributed by atoms with E-state index in [0.29, 0.717) is 33.4 Å². The summed E-state index contributed by atoms with van der Waals surface area (Å²) in [5.41, 5.74) is 2.73. The standard InChI is InChI=1S/C22H18ClN3O2S2/c23-16-8-6-14(7-9-16)10-24-19(27)13-29-12-18-25-21(28)20-17(11-30-22(20)26-18)15-4-2-1-3-5-15/h1-9,11H,10,12-13H2,(H,24,27)(H,25,26,28). The van der Waals surface area contributed by atoms with Gasteiger partial charge in [-0.25, -0.2) is 4.98 Å². The van der Waals surface area contributed by atoms with E-state index in [-0.39, 0.29) is 17.2 Å². The fourth-order valence-electron chi connectivity index (χ4n) is 2.99. The average Bonchev–Trinajstić information content (AvgIpc) is 3.19. The lowest BCUT2D eigenvalue weighted by Gasteiger charge is -2.06. The van der Waals surface area contributed by atoms with Crippen molar-refractivity contribution in [3.8, 4) is 11.1 Å². The normalized spacial score (nSPS) is 11.0. The average molecular weight is 456 g/mol. The molecule has 2 aromatic carbocycles. The maximum atomic E-state index is 12.6. The lowest BCUT2D eigenvalue weighted by molar-refractivity contribution is -0.118. The molecule has 0 saturated heterocycles. The van der Waals surface area contributed by atoms with E-state index < -0.39 is 0 Å². The van der Waals surface area contributed by atoms with Crippen LogP contribution in [0.5, 0.6) is 0 Å². The molecule has 0 aliphatic heterocycles. The van der Waals surface area contributed by atoms with E-state index in [2.05, 4.69) is 15.3 Å². The third kappa shape index (κ3) is 4.92. The highest BCUT2D eigenvalue weighted by atomic mass is 35.5. The first kappa shape index (κ1) is 20.7. The smallest absolute Gasteiger partial charge is 0.260 e. The van der Waals surface area contributed by atoms with Gasteiger partial charge in [0.1, 0.15) is 10.7 Å². The Balaban J connectivity index is 1.36. The Morgan fingerprint density at radius 3 is 2.67 bits per heavy atom. The third-order valence-corrected chi connectivity index (χ3v) is 6.52. The molecule has 152 valence electrons. The van der Waals surface area contributed by atoms with Gasteiger partial charge in [-0.1, -0.05) is 54.1 Å². The second-order valence-corrected chi connectivity index (χ2v) is 8.88. The Hall–Kier alpha value is -2.61. The summed E-state index contributed by atoms with van der Waals surface area (Å²) in [6.07, 6.45) is 0. The van der Waals surface area contributed by atoms with Gasteiger partial charge in [0.25, 0.3) is 5.56 Å². The summed E-state index contributed by atoms with van der Waals surface area (Å²) in [5.74, 6) is 1.25. The van der Waals surface area contributed by atoms with E-state index in [1.54, 1.807) is 12.1 Å². The molecule has 4 aromatic rings. The van der Waals surface area contributed by atoms with E-state index in [1.165, 1.54) is 23.1 Å². The third-order valence-electron chi connectivity index (χ3n) is 4.45. The van der Waals surface area contributed by atoms with Crippen molar-refractivity contribution in [3.05, 3.63) is 86.7 Å². The van der Waals surface area contributed by atoms with Crippen molar-refractivity contribution < 1.29 is 4.79 Å². The number of H-pyrrole nitrogens is 1. The van der Waals surface area contributed by atoms with Crippen LogP contribution in [0.25, 0.3) is 21.3 Å². The molecule has 0 unspecified atom stereocenters. The van der Waals surface area contributed by atoms with Gasteiger partial charge in [0.2, 0.25) is 5.91 Å². The van der Waals surface area contributed by atoms with Gasteiger partial charge in [0.15, 0.2) is 0 Å². The molecule has 2 aromatic heterocycles. The number of aromatic amines is 1. The monoisotopic (exact) mass is 455 g/mol. The zero-order chi connectivity index (χ0) is 20.9. The minimum atomic E-state index is -0.150. The Kier molecular flexibility index (Phi) is 6.52. The molecule has 4 rings (SSSR count). The lowest BCUT2D eigenvalue weighted by atomic mass is 10.1. The van der Waals surface area contributed by atoms with Crippen molar-refractivity contribution in [1.29, 1.82) is 0 Å². The summed E-state index contributed by atoms with van der Waals surface area (Å²) in [4.78, 5) is 32.9. The zero-order valence-electron chi connectivity index (χ0n) is 15.9. The number of thiophene rings is 1. The van der Waals surface area contributed by atoms with Crippen molar-refractivity contribution in [2.24, 2.45) is 0 Å². The molecular formula is C22H18ClN3O2S2. The minimum Gasteiger partial charge on any atom is -0.351 e. The second-order valence-electron chi connectivity index (χ2n) is 6.60. The van der Waals surface area contributed by atoms with E-state index in [9.17, 15) is 9.59 Å². The quantitative estimate of drug-likeness (QED) is 0.417. The number of fused-ring (bicyclic) bond motifs is 1. The Morgan fingerprint density at radius 2 is 1.90 bits per heavy atom. The summed E-state index contributed by atoms with van der Waals surface area (Å²) in [6, 6.07) is 17.2. The molecule has 0 aliphatic carbocycles. The van der Waals surface area contributed by atoms with Gasteiger partial charge in [-0.3, -0.25) is 9.59 Å². The number of nitrogens with zero attached hydrogens (tertiary/aromatic N) is 1. The van der Waals surface area contributed by atoms with Crippen molar-refractivity contribution in [3.63, 3.8) is 0 Å². The van der Waals surface area contributed by atoms with Crippen molar-refractivity contribution in [2.45, 2.75) is 12.3 Å². The Bertz CT molecular complexity index is 1220. The number of benzene rings is 2. The molecule has 2 N–H and O–H groups in total. The Labute approximate surface area is 186 Å². The van der Waals surface area contributed by atoms with Crippen LogP contribution in [0, 0.1) is 0 Å². The summed E-state index contributed by atoms with van der Waals surface area (Å²) in [5, 5.41) is 6.11. The fraction of sp³-hybridized carbons (Fsp3) is 0.136. The van der Waals surface area contributed by atoms with Crippen molar-refractivity contribution in [1.82, 2.24) is 15.3 Å². The molecule has 0 spiro atoms. The summed E-state index contributed by atoms with van der Waals surface area (Å²) >= 11 is 8.73. The predicted octanol–water partition coefficient (Wildman–Crippen LogP) is 4.85.